The molecular weight excluding hydrogens is 158 g/mol. The Labute approximate surface area is 81.2 Å². The Kier molecular flexibility index (Phi) is 2.74. The predicted molar refractivity (Wildman–Crippen MR) is 56.8 cm³/mol. The van der Waals surface area contributed by atoms with Crippen LogP contribution in [0.15, 0.2) is 18.5 Å². The standard InChI is InChI=1S/C12H19N/c1-9-8-13-7-6-11(9)10(2)12(3,4)5/h6-8,10H,1-5H3. The zero-order valence-electron chi connectivity index (χ0n) is 9.26. The molecule has 0 saturated carbocycles. The molecule has 0 aliphatic rings. The van der Waals surface area contributed by atoms with Crippen molar-refractivity contribution < 1.29 is 0 Å². The Balaban J connectivity index is 3.02. The number of hydrogen-bond acceptors (Lipinski definition) is 1. The minimum Gasteiger partial charge on any atom is -0.264 e. The first-order valence-electron chi connectivity index (χ1n) is 4.83. The molecule has 1 aromatic heterocycles. The van der Waals surface area contributed by atoms with E-state index in [4.69, 9.17) is 0 Å². The molecule has 0 radical (unpaired) electrons. The van der Waals surface area contributed by atoms with Crippen molar-refractivity contribution in [2.45, 2.75) is 40.5 Å². The Morgan fingerprint density at radius 1 is 1.31 bits per heavy atom. The van der Waals surface area contributed by atoms with E-state index in [1.54, 1.807) is 0 Å². The summed E-state index contributed by atoms with van der Waals surface area (Å²) in [5, 5.41) is 0. The van der Waals surface area contributed by atoms with Gasteiger partial charge >= 0.3 is 0 Å². The molecule has 0 aromatic carbocycles. The molecule has 1 heterocycles. The molecule has 1 nitrogen and oxygen atoms in total. The topological polar surface area (TPSA) is 12.9 Å². The van der Waals surface area contributed by atoms with Crippen molar-refractivity contribution in [3.05, 3.63) is 29.6 Å². The Morgan fingerprint density at radius 3 is 2.38 bits per heavy atom. The maximum absolute atomic E-state index is 4.11. The van der Waals surface area contributed by atoms with E-state index in [2.05, 4.69) is 45.7 Å². The molecule has 0 aliphatic heterocycles. The average Bonchev–Trinajstić information content (AvgIpc) is 2.02. The summed E-state index contributed by atoms with van der Waals surface area (Å²) in [5.74, 6) is 0.579. The van der Waals surface area contributed by atoms with Crippen molar-refractivity contribution in [2.75, 3.05) is 0 Å². The molecule has 0 amide bonds. The third kappa shape index (κ3) is 2.30. The van der Waals surface area contributed by atoms with E-state index in [-0.39, 0.29) is 0 Å². The van der Waals surface area contributed by atoms with Crippen molar-refractivity contribution >= 4 is 0 Å². The summed E-state index contributed by atoms with van der Waals surface area (Å²) in [6.07, 6.45) is 3.82. The number of rotatable bonds is 1. The molecule has 1 unspecified atom stereocenters. The maximum Gasteiger partial charge on any atom is 0.0299 e. The molecule has 0 aliphatic carbocycles. The largest absolute Gasteiger partial charge is 0.264 e. The highest BCUT2D eigenvalue weighted by molar-refractivity contribution is 5.26. The fourth-order valence-electron chi connectivity index (χ4n) is 1.44. The lowest BCUT2D eigenvalue weighted by Crippen LogP contribution is -2.16. The van der Waals surface area contributed by atoms with E-state index < -0.39 is 0 Å². The highest BCUT2D eigenvalue weighted by Crippen LogP contribution is 2.35. The zero-order chi connectivity index (χ0) is 10.1. The van der Waals surface area contributed by atoms with Crippen molar-refractivity contribution in [3.8, 4) is 0 Å². The Morgan fingerprint density at radius 2 is 1.92 bits per heavy atom. The van der Waals surface area contributed by atoms with Gasteiger partial charge in [-0.25, -0.2) is 0 Å². The van der Waals surface area contributed by atoms with Gasteiger partial charge in [0.15, 0.2) is 0 Å². The minimum absolute atomic E-state index is 0.326. The van der Waals surface area contributed by atoms with Crippen LogP contribution in [0.1, 0.15) is 44.7 Å². The molecule has 1 atom stereocenters. The second-order valence-corrected chi connectivity index (χ2v) is 4.82. The molecule has 0 spiro atoms. The van der Waals surface area contributed by atoms with Gasteiger partial charge in [-0.3, -0.25) is 4.98 Å². The fraction of sp³-hybridized carbons (Fsp3) is 0.583. The van der Waals surface area contributed by atoms with Crippen LogP contribution in [-0.4, -0.2) is 4.98 Å². The fourth-order valence-corrected chi connectivity index (χ4v) is 1.44. The summed E-state index contributed by atoms with van der Waals surface area (Å²) < 4.78 is 0. The summed E-state index contributed by atoms with van der Waals surface area (Å²) in [4.78, 5) is 4.11. The summed E-state index contributed by atoms with van der Waals surface area (Å²) in [6, 6.07) is 2.13. The first-order chi connectivity index (χ1) is 5.93. The second kappa shape index (κ2) is 3.49. The number of nitrogens with zero attached hydrogens (tertiary/aromatic N) is 1. The Bertz CT molecular complexity index is 283. The summed E-state index contributed by atoms with van der Waals surface area (Å²) in [6.45, 7) is 11.2. The third-order valence-electron chi connectivity index (χ3n) is 2.83. The normalized spacial score (nSPS) is 14.2. The van der Waals surface area contributed by atoms with Crippen molar-refractivity contribution in [3.63, 3.8) is 0 Å². The SMILES string of the molecule is Cc1cnccc1C(C)C(C)(C)C. The van der Waals surface area contributed by atoms with Gasteiger partial charge in [-0.2, -0.15) is 0 Å². The number of aromatic nitrogens is 1. The van der Waals surface area contributed by atoms with Crippen LogP contribution in [0.5, 0.6) is 0 Å². The molecule has 1 heteroatoms. The first-order valence-corrected chi connectivity index (χ1v) is 4.83. The number of aryl methyl sites for hydroxylation is 1. The van der Waals surface area contributed by atoms with Crippen LogP contribution >= 0.6 is 0 Å². The van der Waals surface area contributed by atoms with E-state index in [0.717, 1.165) is 0 Å². The van der Waals surface area contributed by atoms with Crippen LogP contribution in [0, 0.1) is 12.3 Å². The summed E-state index contributed by atoms with van der Waals surface area (Å²) in [7, 11) is 0. The molecule has 0 N–H and O–H groups in total. The Hall–Kier alpha value is -0.850. The van der Waals surface area contributed by atoms with Crippen LogP contribution < -0.4 is 0 Å². The van der Waals surface area contributed by atoms with Gasteiger partial charge in [0.2, 0.25) is 0 Å². The maximum atomic E-state index is 4.11. The first kappa shape index (κ1) is 10.2. The van der Waals surface area contributed by atoms with Crippen molar-refractivity contribution in [1.29, 1.82) is 0 Å². The lowest BCUT2D eigenvalue weighted by atomic mass is 9.77. The van der Waals surface area contributed by atoms with Crippen molar-refractivity contribution in [2.24, 2.45) is 5.41 Å². The van der Waals surface area contributed by atoms with Crippen molar-refractivity contribution in [1.82, 2.24) is 4.98 Å². The highest BCUT2D eigenvalue weighted by atomic mass is 14.6. The molecule has 72 valence electrons. The van der Waals surface area contributed by atoms with Gasteiger partial charge in [0.05, 0.1) is 0 Å². The third-order valence-corrected chi connectivity index (χ3v) is 2.83. The molecule has 0 saturated heterocycles. The second-order valence-electron chi connectivity index (χ2n) is 4.82. The zero-order valence-corrected chi connectivity index (χ0v) is 9.26. The summed E-state index contributed by atoms with van der Waals surface area (Å²) >= 11 is 0. The summed E-state index contributed by atoms with van der Waals surface area (Å²) in [5.41, 5.74) is 3.04. The van der Waals surface area contributed by atoms with Gasteiger partial charge in [-0.05, 0) is 35.4 Å². The molecule has 0 bridgehead atoms. The van der Waals surface area contributed by atoms with Gasteiger partial charge in [0.1, 0.15) is 0 Å². The van der Waals surface area contributed by atoms with Crippen LogP contribution in [0.2, 0.25) is 0 Å². The lowest BCUT2D eigenvalue weighted by Gasteiger charge is -2.28. The monoisotopic (exact) mass is 177 g/mol. The van der Waals surface area contributed by atoms with Crippen LogP contribution in [0.25, 0.3) is 0 Å². The average molecular weight is 177 g/mol. The van der Waals surface area contributed by atoms with E-state index >= 15 is 0 Å². The smallest absolute Gasteiger partial charge is 0.0299 e. The highest BCUT2D eigenvalue weighted by Gasteiger charge is 2.22. The quantitative estimate of drug-likeness (QED) is 0.639. The van der Waals surface area contributed by atoms with Gasteiger partial charge < -0.3 is 0 Å². The van der Waals surface area contributed by atoms with E-state index in [1.165, 1.54) is 11.1 Å². The predicted octanol–water partition coefficient (Wildman–Crippen LogP) is 3.54. The minimum atomic E-state index is 0.326. The van der Waals surface area contributed by atoms with Crippen LogP contribution in [0.4, 0.5) is 0 Å². The molecule has 1 rings (SSSR count). The van der Waals surface area contributed by atoms with Gasteiger partial charge in [-0.15, -0.1) is 0 Å². The van der Waals surface area contributed by atoms with E-state index in [9.17, 15) is 0 Å². The number of hydrogen-bond donors (Lipinski definition) is 0. The molecule has 0 fully saturated rings. The molecule has 13 heavy (non-hydrogen) atoms. The lowest BCUT2D eigenvalue weighted by molar-refractivity contribution is 0.338. The van der Waals surface area contributed by atoms with E-state index in [1.807, 2.05) is 12.4 Å². The molecule has 1 aromatic rings. The van der Waals surface area contributed by atoms with E-state index in [0.29, 0.717) is 11.3 Å². The van der Waals surface area contributed by atoms with Gasteiger partial charge in [-0.1, -0.05) is 27.7 Å². The molecular formula is C12H19N. The van der Waals surface area contributed by atoms with Gasteiger partial charge in [0.25, 0.3) is 0 Å². The number of pyridine rings is 1. The van der Waals surface area contributed by atoms with Crippen LogP contribution in [-0.2, 0) is 0 Å². The van der Waals surface area contributed by atoms with Gasteiger partial charge in [0, 0.05) is 12.4 Å². The van der Waals surface area contributed by atoms with Crippen LogP contribution in [0.3, 0.4) is 0 Å².